The third-order valence-corrected chi connectivity index (χ3v) is 6.96. The van der Waals surface area contributed by atoms with Gasteiger partial charge in [0.05, 0.1) is 13.2 Å². The van der Waals surface area contributed by atoms with Gasteiger partial charge in [-0.3, -0.25) is 0 Å². The molecule has 30 heavy (non-hydrogen) atoms. The molecular formula is C26H38F2O2. The van der Waals surface area contributed by atoms with Gasteiger partial charge in [-0.15, -0.1) is 0 Å². The molecule has 1 aromatic carbocycles. The topological polar surface area (TPSA) is 18.5 Å². The maximum atomic E-state index is 14.2. The Labute approximate surface area is 181 Å². The number of benzene rings is 1. The molecule has 0 aromatic heterocycles. The highest BCUT2D eigenvalue weighted by Gasteiger charge is 2.29. The Morgan fingerprint density at radius 3 is 2.13 bits per heavy atom. The summed E-state index contributed by atoms with van der Waals surface area (Å²) in [5.41, 5.74) is 0. The van der Waals surface area contributed by atoms with Crippen molar-refractivity contribution in [2.75, 3.05) is 13.2 Å². The maximum Gasteiger partial charge on any atom is 0.204 e. The molecule has 168 valence electrons. The standard InChI is InChI=1S/C26H38F2O2/c1-3-5-6-7-19-8-12-21(13-9-19)22-14-10-20(11-15-22)18-30-24-17-16-23(29-4-2)25(27)26(24)28/h8,12,16-17,19-22H,3-7,9-11,13-15,18H2,1-2H3/t19-,20?,21-,22?/m0/s1. The third kappa shape index (κ3) is 6.21. The van der Waals surface area contributed by atoms with Gasteiger partial charge >= 0.3 is 0 Å². The largest absolute Gasteiger partial charge is 0.491 e. The average Bonchev–Trinajstić information content (AvgIpc) is 2.78. The van der Waals surface area contributed by atoms with Gasteiger partial charge in [0.1, 0.15) is 0 Å². The molecule has 2 aliphatic rings. The van der Waals surface area contributed by atoms with Gasteiger partial charge in [-0.2, -0.15) is 8.78 Å². The fourth-order valence-electron chi connectivity index (χ4n) is 5.07. The lowest BCUT2D eigenvalue weighted by molar-refractivity contribution is 0.154. The van der Waals surface area contributed by atoms with Crippen LogP contribution in [0.5, 0.6) is 11.5 Å². The molecule has 0 bridgehead atoms. The fraction of sp³-hybridized carbons (Fsp3) is 0.692. The summed E-state index contributed by atoms with van der Waals surface area (Å²) in [6.07, 6.45) is 17.7. The summed E-state index contributed by atoms with van der Waals surface area (Å²) in [7, 11) is 0. The Bertz CT molecular complexity index is 680. The number of unbranched alkanes of at least 4 members (excludes halogenated alkanes) is 2. The van der Waals surface area contributed by atoms with Crippen molar-refractivity contribution in [3.63, 3.8) is 0 Å². The molecule has 2 aliphatic carbocycles. The predicted molar refractivity (Wildman–Crippen MR) is 118 cm³/mol. The van der Waals surface area contributed by atoms with E-state index in [4.69, 9.17) is 9.47 Å². The normalized spacial score (nSPS) is 26.5. The van der Waals surface area contributed by atoms with Crippen LogP contribution in [0.25, 0.3) is 0 Å². The van der Waals surface area contributed by atoms with Crippen molar-refractivity contribution in [1.82, 2.24) is 0 Å². The second-order valence-corrected chi connectivity index (χ2v) is 9.10. The number of hydrogen-bond donors (Lipinski definition) is 0. The van der Waals surface area contributed by atoms with Crippen LogP contribution < -0.4 is 9.47 Å². The van der Waals surface area contributed by atoms with E-state index >= 15 is 0 Å². The molecule has 0 heterocycles. The number of halogens is 2. The summed E-state index contributed by atoms with van der Waals surface area (Å²) < 4.78 is 38.9. The van der Waals surface area contributed by atoms with E-state index < -0.39 is 11.6 Å². The highest BCUT2D eigenvalue weighted by molar-refractivity contribution is 5.35. The Balaban J connectivity index is 1.41. The molecule has 1 fully saturated rings. The fourth-order valence-corrected chi connectivity index (χ4v) is 5.07. The Hall–Kier alpha value is -1.58. The van der Waals surface area contributed by atoms with Crippen LogP contribution in [0.4, 0.5) is 8.78 Å². The summed E-state index contributed by atoms with van der Waals surface area (Å²) >= 11 is 0. The summed E-state index contributed by atoms with van der Waals surface area (Å²) in [5, 5.41) is 0. The molecule has 0 unspecified atom stereocenters. The van der Waals surface area contributed by atoms with Crippen LogP contribution in [0.1, 0.15) is 78.1 Å². The monoisotopic (exact) mass is 420 g/mol. The first kappa shape index (κ1) is 23.1. The minimum atomic E-state index is -0.963. The van der Waals surface area contributed by atoms with Crippen LogP contribution in [0, 0.1) is 35.3 Å². The lowest BCUT2D eigenvalue weighted by atomic mass is 9.71. The second-order valence-electron chi connectivity index (χ2n) is 9.10. The molecule has 3 rings (SSSR count). The van der Waals surface area contributed by atoms with E-state index in [2.05, 4.69) is 19.1 Å². The Morgan fingerprint density at radius 1 is 0.833 bits per heavy atom. The highest BCUT2D eigenvalue weighted by Crippen LogP contribution is 2.39. The second kappa shape index (κ2) is 11.7. The summed E-state index contributed by atoms with van der Waals surface area (Å²) in [6.45, 7) is 4.76. The summed E-state index contributed by atoms with van der Waals surface area (Å²) in [5.74, 6) is 0.733. The molecular weight excluding hydrogens is 382 g/mol. The van der Waals surface area contributed by atoms with Crippen LogP contribution in [-0.2, 0) is 0 Å². The molecule has 1 aromatic rings. The molecule has 1 saturated carbocycles. The van der Waals surface area contributed by atoms with Crippen LogP contribution in [0.2, 0.25) is 0 Å². The number of hydrogen-bond acceptors (Lipinski definition) is 2. The molecule has 0 radical (unpaired) electrons. The zero-order valence-corrected chi connectivity index (χ0v) is 18.7. The first-order chi connectivity index (χ1) is 14.6. The van der Waals surface area contributed by atoms with E-state index in [1.54, 1.807) is 6.92 Å². The Morgan fingerprint density at radius 2 is 1.53 bits per heavy atom. The van der Waals surface area contributed by atoms with Crippen molar-refractivity contribution in [2.24, 2.45) is 23.7 Å². The first-order valence-corrected chi connectivity index (χ1v) is 12.0. The Kier molecular flexibility index (Phi) is 9.02. The number of ether oxygens (including phenoxy) is 2. The summed E-state index contributed by atoms with van der Waals surface area (Å²) in [4.78, 5) is 0. The van der Waals surface area contributed by atoms with E-state index in [0.717, 1.165) is 30.6 Å². The van der Waals surface area contributed by atoms with E-state index in [9.17, 15) is 8.78 Å². The lowest BCUT2D eigenvalue weighted by Crippen LogP contribution is -2.25. The maximum absolute atomic E-state index is 14.2. The van der Waals surface area contributed by atoms with Gasteiger partial charge in [-0.05, 0) is 87.7 Å². The van der Waals surface area contributed by atoms with Crippen molar-refractivity contribution in [3.8, 4) is 11.5 Å². The highest BCUT2D eigenvalue weighted by atomic mass is 19.2. The molecule has 4 heteroatoms. The molecule has 0 spiro atoms. The van der Waals surface area contributed by atoms with Crippen molar-refractivity contribution >= 4 is 0 Å². The van der Waals surface area contributed by atoms with Crippen LogP contribution in [-0.4, -0.2) is 13.2 Å². The van der Waals surface area contributed by atoms with Crippen molar-refractivity contribution < 1.29 is 18.3 Å². The van der Waals surface area contributed by atoms with Gasteiger partial charge in [0.25, 0.3) is 0 Å². The van der Waals surface area contributed by atoms with E-state index in [0.29, 0.717) is 19.1 Å². The zero-order valence-electron chi connectivity index (χ0n) is 18.7. The lowest BCUT2D eigenvalue weighted by Gasteiger charge is -2.35. The molecule has 2 nitrogen and oxygen atoms in total. The van der Waals surface area contributed by atoms with Gasteiger partial charge in [0.2, 0.25) is 11.6 Å². The third-order valence-electron chi connectivity index (χ3n) is 6.96. The molecule has 0 amide bonds. The SMILES string of the molecule is CCCCC[C@H]1C=C[C@H](C2CCC(COc3ccc(OCC)c(F)c3F)CC2)CC1. The quantitative estimate of drug-likeness (QED) is 0.285. The first-order valence-electron chi connectivity index (χ1n) is 12.0. The van der Waals surface area contributed by atoms with Gasteiger partial charge in [-0.1, -0.05) is 38.3 Å². The van der Waals surface area contributed by atoms with Gasteiger partial charge in [0.15, 0.2) is 11.5 Å². The smallest absolute Gasteiger partial charge is 0.204 e. The molecule has 2 atom stereocenters. The van der Waals surface area contributed by atoms with E-state index in [-0.39, 0.29) is 11.5 Å². The zero-order chi connectivity index (χ0) is 21.3. The van der Waals surface area contributed by atoms with Crippen LogP contribution >= 0.6 is 0 Å². The van der Waals surface area contributed by atoms with Gasteiger partial charge in [0, 0.05) is 0 Å². The van der Waals surface area contributed by atoms with Crippen molar-refractivity contribution in [3.05, 3.63) is 35.9 Å². The number of allylic oxidation sites excluding steroid dienone is 2. The predicted octanol–water partition coefficient (Wildman–Crippen LogP) is 7.71. The van der Waals surface area contributed by atoms with Crippen molar-refractivity contribution in [1.29, 1.82) is 0 Å². The average molecular weight is 421 g/mol. The summed E-state index contributed by atoms with van der Waals surface area (Å²) in [6, 6.07) is 2.91. The van der Waals surface area contributed by atoms with Crippen LogP contribution in [0.3, 0.4) is 0 Å². The minimum absolute atomic E-state index is 0.0117. The molecule has 0 N–H and O–H groups in total. The van der Waals surface area contributed by atoms with Gasteiger partial charge < -0.3 is 9.47 Å². The van der Waals surface area contributed by atoms with Gasteiger partial charge in [-0.25, -0.2) is 0 Å². The van der Waals surface area contributed by atoms with E-state index in [1.807, 2.05) is 0 Å². The number of rotatable bonds is 10. The van der Waals surface area contributed by atoms with E-state index in [1.165, 1.54) is 63.5 Å². The molecule has 0 saturated heterocycles. The van der Waals surface area contributed by atoms with Crippen molar-refractivity contribution in [2.45, 2.75) is 78.1 Å². The van der Waals surface area contributed by atoms with Crippen LogP contribution in [0.15, 0.2) is 24.3 Å². The molecule has 0 aliphatic heterocycles. The minimum Gasteiger partial charge on any atom is -0.491 e.